The first-order valence-electron chi connectivity index (χ1n) is 3.79. The maximum Gasteiger partial charge on any atom is 0.362 e. The summed E-state index contributed by atoms with van der Waals surface area (Å²) in [5.41, 5.74) is 5.34. The average molecular weight is 252 g/mol. The molecule has 1 aromatic heterocycles. The van der Waals surface area contributed by atoms with Gasteiger partial charge in [-0.15, -0.1) is 23.7 Å². The third kappa shape index (κ3) is 3.37. The van der Waals surface area contributed by atoms with Crippen LogP contribution in [-0.4, -0.2) is 28.5 Å². The molecule has 0 spiro atoms. The fourth-order valence-electron chi connectivity index (χ4n) is 0.792. The van der Waals surface area contributed by atoms with E-state index in [9.17, 15) is 4.79 Å². The molecule has 0 unspecified atom stereocenters. The van der Waals surface area contributed by atoms with E-state index in [-0.39, 0.29) is 30.4 Å². The Morgan fingerprint density at radius 3 is 2.87 bits per heavy atom. The normalized spacial score (nSPS) is 10.6. The van der Waals surface area contributed by atoms with Crippen LogP contribution in [0, 0.1) is 0 Å². The van der Waals surface area contributed by atoms with Crippen LogP contribution in [0.15, 0.2) is 10.5 Å². The summed E-state index contributed by atoms with van der Waals surface area (Å²) in [7, 11) is 0. The predicted molar refractivity (Wildman–Crippen MR) is 58.7 cm³/mol. The van der Waals surface area contributed by atoms with Gasteiger partial charge < -0.3 is 15.7 Å². The first-order chi connectivity index (χ1) is 6.69. The highest BCUT2D eigenvalue weighted by Crippen LogP contribution is 2.12. The molecule has 0 saturated heterocycles. The Hall–Kier alpha value is -1.34. The van der Waals surface area contributed by atoms with Gasteiger partial charge in [-0.3, -0.25) is 0 Å². The molecule has 1 heterocycles. The summed E-state index contributed by atoms with van der Waals surface area (Å²) in [5, 5.41) is 13.2. The molecule has 1 aromatic rings. The van der Waals surface area contributed by atoms with Crippen molar-refractivity contribution in [3.8, 4) is 0 Å². The molecule has 0 saturated carbocycles. The van der Waals surface area contributed by atoms with Gasteiger partial charge in [0.15, 0.2) is 5.13 Å². The van der Waals surface area contributed by atoms with Crippen molar-refractivity contribution < 1.29 is 14.7 Å². The molecule has 0 fully saturated rings. The van der Waals surface area contributed by atoms with E-state index in [0.717, 1.165) is 11.3 Å². The Morgan fingerprint density at radius 2 is 2.47 bits per heavy atom. The zero-order valence-electron chi connectivity index (χ0n) is 7.84. The van der Waals surface area contributed by atoms with Crippen molar-refractivity contribution in [1.82, 2.24) is 4.98 Å². The highest BCUT2D eigenvalue weighted by Gasteiger charge is 2.18. The SMILES string of the molecule is CCOC(=O)/C(=N\O)c1csc(N)n1.Cl. The number of hydrogen-bond acceptors (Lipinski definition) is 7. The van der Waals surface area contributed by atoms with Crippen molar-refractivity contribution in [2.45, 2.75) is 6.92 Å². The minimum Gasteiger partial charge on any atom is -0.461 e. The molecule has 3 N–H and O–H groups in total. The Labute approximate surface area is 96.2 Å². The first-order valence-corrected chi connectivity index (χ1v) is 4.67. The summed E-state index contributed by atoms with van der Waals surface area (Å²) in [6.45, 7) is 1.86. The predicted octanol–water partition coefficient (Wildman–Crippen LogP) is 0.888. The molecular weight excluding hydrogens is 242 g/mol. The molecular formula is C7H10ClN3O3S. The number of nitrogens with zero attached hydrogens (tertiary/aromatic N) is 2. The van der Waals surface area contributed by atoms with Gasteiger partial charge in [0.25, 0.3) is 0 Å². The van der Waals surface area contributed by atoms with Crippen LogP contribution in [0.5, 0.6) is 0 Å². The molecule has 84 valence electrons. The lowest BCUT2D eigenvalue weighted by atomic mass is 10.3. The Bertz CT molecular complexity index is 366. The summed E-state index contributed by atoms with van der Waals surface area (Å²) in [6, 6.07) is 0. The van der Waals surface area contributed by atoms with Crippen LogP contribution in [-0.2, 0) is 9.53 Å². The quantitative estimate of drug-likeness (QED) is 0.360. The molecule has 0 atom stereocenters. The molecule has 6 nitrogen and oxygen atoms in total. The molecule has 0 aliphatic heterocycles. The number of esters is 1. The van der Waals surface area contributed by atoms with Crippen LogP contribution in [0.4, 0.5) is 5.13 Å². The van der Waals surface area contributed by atoms with E-state index in [1.165, 1.54) is 5.38 Å². The number of halogens is 1. The highest BCUT2D eigenvalue weighted by molar-refractivity contribution is 7.13. The third-order valence-electron chi connectivity index (χ3n) is 1.33. The minimum absolute atomic E-state index is 0. The van der Waals surface area contributed by atoms with Crippen molar-refractivity contribution in [2.24, 2.45) is 5.16 Å². The standard InChI is InChI=1S/C7H9N3O3S.ClH/c1-2-13-6(11)5(10-12)4-3-14-7(8)9-4;/h3,12H,2H2,1H3,(H2,8,9);1H/b10-5-;. The van der Waals surface area contributed by atoms with Gasteiger partial charge in [-0.2, -0.15) is 0 Å². The number of anilines is 1. The van der Waals surface area contributed by atoms with Gasteiger partial charge in [0.1, 0.15) is 5.69 Å². The van der Waals surface area contributed by atoms with E-state index < -0.39 is 5.97 Å². The number of thiazole rings is 1. The summed E-state index contributed by atoms with van der Waals surface area (Å²) in [6.07, 6.45) is 0. The van der Waals surface area contributed by atoms with Crippen LogP contribution in [0.1, 0.15) is 12.6 Å². The van der Waals surface area contributed by atoms with Crippen molar-refractivity contribution in [3.05, 3.63) is 11.1 Å². The van der Waals surface area contributed by atoms with E-state index in [4.69, 9.17) is 10.9 Å². The molecule has 0 bridgehead atoms. The van der Waals surface area contributed by atoms with Gasteiger partial charge >= 0.3 is 5.97 Å². The number of carbonyl (C=O) groups excluding carboxylic acids is 1. The molecule has 0 aromatic carbocycles. The van der Waals surface area contributed by atoms with E-state index in [0.29, 0.717) is 5.13 Å². The van der Waals surface area contributed by atoms with Crippen LogP contribution >= 0.6 is 23.7 Å². The molecule has 0 aliphatic carbocycles. The number of nitrogens with two attached hydrogens (primary N) is 1. The molecule has 0 radical (unpaired) electrons. The average Bonchev–Trinajstić information content (AvgIpc) is 2.54. The zero-order chi connectivity index (χ0) is 10.6. The number of carbonyl (C=O) groups is 1. The van der Waals surface area contributed by atoms with Gasteiger partial charge in [0.05, 0.1) is 6.61 Å². The van der Waals surface area contributed by atoms with Gasteiger partial charge in [-0.05, 0) is 6.92 Å². The summed E-state index contributed by atoms with van der Waals surface area (Å²) in [5.74, 6) is -0.722. The van der Waals surface area contributed by atoms with Crippen molar-refractivity contribution in [3.63, 3.8) is 0 Å². The number of oxime groups is 1. The van der Waals surface area contributed by atoms with Crippen LogP contribution in [0.25, 0.3) is 0 Å². The minimum atomic E-state index is -0.722. The number of rotatable bonds is 3. The summed E-state index contributed by atoms with van der Waals surface area (Å²) in [4.78, 5) is 15.0. The Kier molecular flexibility index (Phi) is 5.65. The second kappa shape index (κ2) is 6.20. The van der Waals surface area contributed by atoms with Gasteiger partial charge in [-0.25, -0.2) is 9.78 Å². The third-order valence-corrected chi connectivity index (χ3v) is 2.01. The number of ether oxygens (including phenoxy) is 1. The lowest BCUT2D eigenvalue weighted by Crippen LogP contribution is -2.19. The number of nitrogen functional groups attached to an aromatic ring is 1. The fraction of sp³-hybridized carbons (Fsp3) is 0.286. The Morgan fingerprint density at radius 1 is 1.80 bits per heavy atom. The summed E-state index contributed by atoms with van der Waals surface area (Å²) < 4.78 is 4.65. The van der Waals surface area contributed by atoms with Gasteiger partial charge in [0.2, 0.25) is 5.71 Å². The molecule has 0 aliphatic rings. The largest absolute Gasteiger partial charge is 0.461 e. The van der Waals surface area contributed by atoms with Crippen molar-refractivity contribution in [1.29, 1.82) is 0 Å². The second-order valence-corrected chi connectivity index (χ2v) is 3.13. The molecule has 15 heavy (non-hydrogen) atoms. The lowest BCUT2D eigenvalue weighted by Gasteiger charge is -1.99. The molecule has 1 rings (SSSR count). The van der Waals surface area contributed by atoms with Crippen LogP contribution in [0.2, 0.25) is 0 Å². The fourth-order valence-corrected chi connectivity index (χ4v) is 1.34. The second-order valence-electron chi connectivity index (χ2n) is 2.24. The van der Waals surface area contributed by atoms with E-state index in [1.54, 1.807) is 6.92 Å². The van der Waals surface area contributed by atoms with Gasteiger partial charge in [-0.1, -0.05) is 5.16 Å². The zero-order valence-corrected chi connectivity index (χ0v) is 9.47. The molecule has 0 amide bonds. The van der Waals surface area contributed by atoms with E-state index in [2.05, 4.69) is 14.9 Å². The van der Waals surface area contributed by atoms with Crippen LogP contribution < -0.4 is 5.73 Å². The lowest BCUT2D eigenvalue weighted by molar-refractivity contribution is -0.135. The van der Waals surface area contributed by atoms with E-state index in [1.807, 2.05) is 0 Å². The van der Waals surface area contributed by atoms with Crippen molar-refractivity contribution in [2.75, 3.05) is 12.3 Å². The first kappa shape index (κ1) is 13.7. The van der Waals surface area contributed by atoms with E-state index >= 15 is 0 Å². The number of hydrogen-bond donors (Lipinski definition) is 2. The van der Waals surface area contributed by atoms with Crippen molar-refractivity contribution >= 4 is 40.6 Å². The maximum absolute atomic E-state index is 11.2. The molecule has 8 heteroatoms. The highest BCUT2D eigenvalue weighted by atomic mass is 35.5. The maximum atomic E-state index is 11.2. The topological polar surface area (TPSA) is 97.8 Å². The van der Waals surface area contributed by atoms with Gasteiger partial charge in [0, 0.05) is 5.38 Å². The smallest absolute Gasteiger partial charge is 0.362 e. The monoisotopic (exact) mass is 251 g/mol. The Balaban J connectivity index is 0.00000196. The van der Waals surface area contributed by atoms with Crippen LogP contribution in [0.3, 0.4) is 0 Å². The number of aromatic nitrogens is 1. The summed E-state index contributed by atoms with van der Waals surface area (Å²) >= 11 is 1.15.